The maximum atomic E-state index is 11.9. The number of aryl methyl sites for hydroxylation is 1. The van der Waals surface area contributed by atoms with E-state index in [9.17, 15) is 4.79 Å². The van der Waals surface area contributed by atoms with Crippen molar-refractivity contribution in [3.63, 3.8) is 0 Å². The second kappa shape index (κ2) is 5.11. The maximum absolute atomic E-state index is 11.9. The van der Waals surface area contributed by atoms with Gasteiger partial charge in [0, 0.05) is 11.7 Å². The number of carbonyl (C=O) groups excluding carboxylic acids is 1. The van der Waals surface area contributed by atoms with Crippen molar-refractivity contribution in [1.82, 2.24) is 0 Å². The largest absolute Gasteiger partial charge is 0.325 e. The van der Waals surface area contributed by atoms with Crippen LogP contribution in [0.1, 0.15) is 62.3 Å². The van der Waals surface area contributed by atoms with E-state index < -0.39 is 0 Å². The quantitative estimate of drug-likeness (QED) is 0.857. The summed E-state index contributed by atoms with van der Waals surface area (Å²) in [6, 6.07) is 4.33. The van der Waals surface area contributed by atoms with Gasteiger partial charge in [-0.1, -0.05) is 32.9 Å². The maximum Gasteiger partial charge on any atom is 0.232 e. The second-order valence-electron chi connectivity index (χ2n) is 4.96. The van der Waals surface area contributed by atoms with Crippen molar-refractivity contribution in [2.75, 3.05) is 5.32 Å². The molecule has 0 fully saturated rings. The first-order chi connectivity index (χ1) is 8.62. The Morgan fingerprint density at radius 2 is 2.06 bits per heavy atom. The van der Waals surface area contributed by atoms with Crippen molar-refractivity contribution in [3.8, 4) is 0 Å². The van der Waals surface area contributed by atoms with Crippen LogP contribution in [0.2, 0.25) is 0 Å². The summed E-state index contributed by atoms with van der Waals surface area (Å²) in [5.74, 6) is 0.124. The highest BCUT2D eigenvalue weighted by Gasteiger charge is 2.31. The minimum atomic E-state index is -0.00527. The smallest absolute Gasteiger partial charge is 0.232 e. The van der Waals surface area contributed by atoms with Gasteiger partial charge in [0.05, 0.1) is 5.92 Å². The molecular weight excluding hydrogens is 224 g/mol. The average Bonchev–Trinajstić information content (AvgIpc) is 2.71. The molecule has 1 aliphatic heterocycles. The molecule has 3 nitrogen and oxygen atoms in total. The number of nitrogens with one attached hydrogen (secondary N) is 1. The zero-order chi connectivity index (χ0) is 13.3. The summed E-state index contributed by atoms with van der Waals surface area (Å²) >= 11 is 0. The summed E-state index contributed by atoms with van der Waals surface area (Å²) in [5.41, 5.74) is 10.7. The number of nitrogens with two attached hydrogens (primary N) is 1. The van der Waals surface area contributed by atoms with Gasteiger partial charge in [-0.05, 0) is 36.0 Å². The highest BCUT2D eigenvalue weighted by molar-refractivity contribution is 6.03. The van der Waals surface area contributed by atoms with Crippen LogP contribution in [0.5, 0.6) is 0 Å². The van der Waals surface area contributed by atoms with Gasteiger partial charge in [-0.25, -0.2) is 0 Å². The number of benzene rings is 1. The number of fused-ring (bicyclic) bond motifs is 1. The molecular formula is C15H22N2O. The lowest BCUT2D eigenvalue weighted by molar-refractivity contribution is -0.117. The lowest BCUT2D eigenvalue weighted by Crippen LogP contribution is -2.11. The van der Waals surface area contributed by atoms with E-state index in [1.165, 1.54) is 5.56 Å². The van der Waals surface area contributed by atoms with Gasteiger partial charge >= 0.3 is 0 Å². The first-order valence-corrected chi connectivity index (χ1v) is 6.85. The SMILES string of the molecule is CCc1cc(C(N)CC)cc2c1NC(=O)C2CC. The molecule has 2 rings (SSSR count). The van der Waals surface area contributed by atoms with Gasteiger partial charge in [-0.15, -0.1) is 0 Å². The van der Waals surface area contributed by atoms with E-state index in [-0.39, 0.29) is 17.9 Å². The van der Waals surface area contributed by atoms with Crippen LogP contribution < -0.4 is 11.1 Å². The summed E-state index contributed by atoms with van der Waals surface area (Å²) in [4.78, 5) is 11.9. The van der Waals surface area contributed by atoms with Gasteiger partial charge in [-0.2, -0.15) is 0 Å². The van der Waals surface area contributed by atoms with Gasteiger partial charge in [-0.3, -0.25) is 4.79 Å². The van der Waals surface area contributed by atoms with Crippen LogP contribution in [0, 0.1) is 0 Å². The Hall–Kier alpha value is -1.35. The Balaban J connectivity index is 2.53. The number of hydrogen-bond acceptors (Lipinski definition) is 2. The summed E-state index contributed by atoms with van der Waals surface area (Å²) in [6.45, 7) is 6.25. The third-order valence-electron chi connectivity index (χ3n) is 3.87. The van der Waals surface area contributed by atoms with Crippen LogP contribution in [-0.4, -0.2) is 5.91 Å². The number of amides is 1. The average molecular weight is 246 g/mol. The predicted octanol–water partition coefficient (Wildman–Crippen LogP) is 3.10. The summed E-state index contributed by atoms with van der Waals surface area (Å²) in [6.07, 6.45) is 2.68. The molecule has 3 heteroatoms. The second-order valence-corrected chi connectivity index (χ2v) is 4.96. The Labute approximate surface area is 109 Å². The Kier molecular flexibility index (Phi) is 3.71. The first-order valence-electron chi connectivity index (χ1n) is 6.85. The van der Waals surface area contributed by atoms with Crippen LogP contribution in [0.4, 0.5) is 5.69 Å². The third kappa shape index (κ3) is 2.03. The third-order valence-corrected chi connectivity index (χ3v) is 3.87. The molecule has 98 valence electrons. The van der Waals surface area contributed by atoms with E-state index in [0.29, 0.717) is 0 Å². The fraction of sp³-hybridized carbons (Fsp3) is 0.533. The highest BCUT2D eigenvalue weighted by atomic mass is 16.2. The van der Waals surface area contributed by atoms with Crippen LogP contribution in [0.3, 0.4) is 0 Å². The number of carbonyl (C=O) groups is 1. The first kappa shape index (κ1) is 13.1. The zero-order valence-electron chi connectivity index (χ0n) is 11.4. The van der Waals surface area contributed by atoms with Gasteiger partial charge in [0.2, 0.25) is 5.91 Å². The summed E-state index contributed by atoms with van der Waals surface area (Å²) in [7, 11) is 0. The topological polar surface area (TPSA) is 55.1 Å². The molecule has 3 N–H and O–H groups in total. The molecule has 0 bridgehead atoms. The molecule has 2 atom stereocenters. The normalized spacial score (nSPS) is 19.6. The van der Waals surface area contributed by atoms with E-state index in [1.54, 1.807) is 0 Å². The standard InChI is InChI=1S/C15H22N2O/c1-4-9-7-10(13(16)6-3)8-12-11(5-2)15(18)17-14(9)12/h7-8,11,13H,4-6,16H2,1-3H3,(H,17,18). The highest BCUT2D eigenvalue weighted by Crippen LogP contribution is 2.39. The van der Waals surface area contributed by atoms with Crippen molar-refractivity contribution in [1.29, 1.82) is 0 Å². The number of hydrogen-bond donors (Lipinski definition) is 2. The number of rotatable bonds is 4. The Bertz CT molecular complexity index is 468. The minimum absolute atomic E-state index is 0.00527. The molecule has 2 unspecified atom stereocenters. The van der Waals surface area contributed by atoms with E-state index >= 15 is 0 Å². The number of anilines is 1. The molecule has 1 heterocycles. The van der Waals surface area contributed by atoms with Crippen molar-refractivity contribution < 1.29 is 4.79 Å². The van der Waals surface area contributed by atoms with Gasteiger partial charge < -0.3 is 11.1 Å². The molecule has 1 aliphatic rings. The molecule has 0 saturated carbocycles. The monoisotopic (exact) mass is 246 g/mol. The van der Waals surface area contributed by atoms with Gasteiger partial charge in [0.1, 0.15) is 0 Å². The lowest BCUT2D eigenvalue weighted by Gasteiger charge is -2.15. The van der Waals surface area contributed by atoms with Gasteiger partial charge in [0.15, 0.2) is 0 Å². The van der Waals surface area contributed by atoms with E-state index in [4.69, 9.17) is 5.73 Å². The zero-order valence-corrected chi connectivity index (χ0v) is 11.4. The Morgan fingerprint density at radius 3 is 2.61 bits per heavy atom. The molecule has 0 aromatic heterocycles. The fourth-order valence-electron chi connectivity index (χ4n) is 2.66. The van der Waals surface area contributed by atoms with Crippen LogP contribution in [0.25, 0.3) is 0 Å². The van der Waals surface area contributed by atoms with Crippen LogP contribution >= 0.6 is 0 Å². The summed E-state index contributed by atoms with van der Waals surface area (Å²) < 4.78 is 0. The Morgan fingerprint density at radius 1 is 1.33 bits per heavy atom. The molecule has 18 heavy (non-hydrogen) atoms. The molecule has 0 radical (unpaired) electrons. The van der Waals surface area contributed by atoms with Crippen molar-refractivity contribution in [2.24, 2.45) is 5.73 Å². The van der Waals surface area contributed by atoms with Crippen molar-refractivity contribution in [3.05, 3.63) is 28.8 Å². The minimum Gasteiger partial charge on any atom is -0.325 e. The van der Waals surface area contributed by atoms with Crippen LogP contribution in [0.15, 0.2) is 12.1 Å². The van der Waals surface area contributed by atoms with Crippen molar-refractivity contribution in [2.45, 2.75) is 52.0 Å². The van der Waals surface area contributed by atoms with E-state index in [0.717, 1.165) is 36.1 Å². The van der Waals surface area contributed by atoms with Crippen molar-refractivity contribution >= 4 is 11.6 Å². The molecule has 1 aromatic rings. The fourth-order valence-corrected chi connectivity index (χ4v) is 2.66. The predicted molar refractivity (Wildman–Crippen MR) is 74.7 cm³/mol. The molecule has 0 spiro atoms. The van der Waals surface area contributed by atoms with Crippen LogP contribution in [-0.2, 0) is 11.2 Å². The van der Waals surface area contributed by atoms with E-state index in [1.807, 2.05) is 0 Å². The molecule has 0 aliphatic carbocycles. The lowest BCUT2D eigenvalue weighted by atomic mass is 9.91. The molecule has 1 amide bonds. The molecule has 0 saturated heterocycles. The summed E-state index contributed by atoms with van der Waals surface area (Å²) in [5, 5.41) is 3.02. The van der Waals surface area contributed by atoms with E-state index in [2.05, 4.69) is 38.2 Å². The molecule has 1 aromatic carbocycles. The van der Waals surface area contributed by atoms with Gasteiger partial charge in [0.25, 0.3) is 0 Å².